The lowest BCUT2D eigenvalue weighted by Gasteiger charge is -2.24. The summed E-state index contributed by atoms with van der Waals surface area (Å²) in [6, 6.07) is 0.746. The zero-order chi connectivity index (χ0) is 15.2. The molecular formula is C14H27N7. The number of likely N-dealkylation sites (N-methyl/N-ethyl adjacent to an activating group) is 1. The minimum atomic E-state index is 0.584. The highest BCUT2D eigenvalue weighted by Gasteiger charge is 2.18. The van der Waals surface area contributed by atoms with Gasteiger partial charge in [0.25, 0.3) is 0 Å². The van der Waals surface area contributed by atoms with Gasteiger partial charge in [-0.1, -0.05) is 12.8 Å². The summed E-state index contributed by atoms with van der Waals surface area (Å²) in [4.78, 5) is 17.4. The van der Waals surface area contributed by atoms with Crippen LogP contribution in [0.15, 0.2) is 0 Å². The molecule has 0 radical (unpaired) electrons. The number of aromatic nitrogens is 3. The molecule has 0 saturated heterocycles. The molecule has 1 heterocycles. The van der Waals surface area contributed by atoms with Crippen molar-refractivity contribution in [2.24, 2.45) is 0 Å². The monoisotopic (exact) mass is 293 g/mol. The lowest BCUT2D eigenvalue weighted by molar-refractivity contribution is 0.254. The van der Waals surface area contributed by atoms with Gasteiger partial charge in [-0.3, -0.25) is 0 Å². The van der Waals surface area contributed by atoms with Crippen molar-refractivity contribution in [1.29, 1.82) is 0 Å². The summed E-state index contributed by atoms with van der Waals surface area (Å²) < 4.78 is 0. The summed E-state index contributed by atoms with van der Waals surface area (Å²) in [5, 5.41) is 6.27. The fourth-order valence-corrected chi connectivity index (χ4v) is 2.63. The second kappa shape index (κ2) is 7.40. The number of hydrogen-bond acceptors (Lipinski definition) is 7. The topological polar surface area (TPSA) is 69.2 Å². The van der Waals surface area contributed by atoms with Crippen molar-refractivity contribution >= 4 is 17.8 Å². The van der Waals surface area contributed by atoms with Crippen molar-refractivity contribution in [1.82, 2.24) is 19.9 Å². The Hall–Kier alpha value is -1.63. The van der Waals surface area contributed by atoms with Gasteiger partial charge in [0, 0.05) is 40.3 Å². The average molecular weight is 293 g/mol. The molecular weight excluding hydrogens is 266 g/mol. The van der Waals surface area contributed by atoms with Gasteiger partial charge in [-0.05, 0) is 19.9 Å². The smallest absolute Gasteiger partial charge is 0.231 e. The molecule has 0 atom stereocenters. The third-order valence-corrected chi connectivity index (χ3v) is 3.94. The Labute approximate surface area is 127 Å². The molecule has 118 valence electrons. The van der Waals surface area contributed by atoms with E-state index in [-0.39, 0.29) is 0 Å². The van der Waals surface area contributed by atoms with E-state index in [1.165, 1.54) is 25.7 Å². The molecule has 1 aromatic heterocycles. The van der Waals surface area contributed by atoms with E-state index in [2.05, 4.69) is 37.5 Å². The highest BCUT2D eigenvalue weighted by atomic mass is 15.3. The molecule has 1 aromatic rings. The van der Waals surface area contributed by atoms with Crippen LogP contribution in [0.3, 0.4) is 0 Å². The third kappa shape index (κ3) is 4.42. The maximum absolute atomic E-state index is 4.41. The van der Waals surface area contributed by atoms with Gasteiger partial charge in [0.05, 0.1) is 0 Å². The molecule has 0 aromatic carbocycles. The Morgan fingerprint density at radius 1 is 1.05 bits per heavy atom. The molecule has 1 aliphatic rings. The van der Waals surface area contributed by atoms with Crippen molar-refractivity contribution < 1.29 is 0 Å². The van der Waals surface area contributed by atoms with Gasteiger partial charge in [0.2, 0.25) is 17.8 Å². The number of rotatable bonds is 7. The lowest BCUT2D eigenvalue weighted by Crippen LogP contribution is -2.33. The predicted octanol–water partition coefficient (Wildman–Crippen LogP) is 1.27. The molecule has 1 fully saturated rings. The van der Waals surface area contributed by atoms with Crippen LogP contribution in [-0.2, 0) is 0 Å². The van der Waals surface area contributed by atoms with Gasteiger partial charge in [-0.25, -0.2) is 0 Å². The van der Waals surface area contributed by atoms with Gasteiger partial charge < -0.3 is 20.4 Å². The van der Waals surface area contributed by atoms with Crippen LogP contribution in [0.2, 0.25) is 0 Å². The zero-order valence-electron chi connectivity index (χ0n) is 13.6. The van der Waals surface area contributed by atoms with E-state index < -0.39 is 0 Å². The fourth-order valence-electron chi connectivity index (χ4n) is 2.63. The second-order valence-corrected chi connectivity index (χ2v) is 5.77. The normalized spacial score (nSPS) is 15.5. The largest absolute Gasteiger partial charge is 0.357 e. The molecule has 7 nitrogen and oxygen atoms in total. The van der Waals surface area contributed by atoms with Crippen LogP contribution < -0.4 is 15.5 Å². The molecule has 0 amide bonds. The summed E-state index contributed by atoms with van der Waals surface area (Å²) in [6.07, 6.45) is 5.40. The van der Waals surface area contributed by atoms with E-state index in [0.717, 1.165) is 19.1 Å². The van der Waals surface area contributed by atoms with E-state index in [0.29, 0.717) is 17.8 Å². The maximum Gasteiger partial charge on any atom is 0.231 e. The fraction of sp³-hybridized carbons (Fsp3) is 0.786. The van der Waals surface area contributed by atoms with E-state index in [1.54, 1.807) is 0 Å². The van der Waals surface area contributed by atoms with Crippen LogP contribution in [-0.4, -0.2) is 67.2 Å². The Morgan fingerprint density at radius 3 is 2.33 bits per heavy atom. The maximum atomic E-state index is 4.41. The molecule has 0 bridgehead atoms. The minimum Gasteiger partial charge on any atom is -0.357 e. The molecule has 0 unspecified atom stereocenters. The van der Waals surface area contributed by atoms with Crippen LogP contribution in [0.5, 0.6) is 0 Å². The van der Waals surface area contributed by atoms with Crippen LogP contribution >= 0.6 is 0 Å². The van der Waals surface area contributed by atoms with Gasteiger partial charge >= 0.3 is 0 Å². The first-order valence-electron chi connectivity index (χ1n) is 7.65. The number of nitrogens with zero attached hydrogens (tertiary/aromatic N) is 5. The van der Waals surface area contributed by atoms with Crippen molar-refractivity contribution in [3.05, 3.63) is 0 Å². The molecule has 21 heavy (non-hydrogen) atoms. The van der Waals surface area contributed by atoms with E-state index in [9.17, 15) is 0 Å². The predicted molar refractivity (Wildman–Crippen MR) is 87.1 cm³/mol. The molecule has 1 saturated carbocycles. The molecule has 0 aliphatic heterocycles. The van der Waals surface area contributed by atoms with Gasteiger partial charge in [0.15, 0.2) is 0 Å². The number of anilines is 3. The summed E-state index contributed by atoms with van der Waals surface area (Å²) in [7, 11) is 7.86. The van der Waals surface area contributed by atoms with Gasteiger partial charge in [-0.2, -0.15) is 15.0 Å². The summed E-state index contributed by atoms with van der Waals surface area (Å²) in [5.74, 6) is 1.86. The van der Waals surface area contributed by atoms with Crippen LogP contribution in [0.1, 0.15) is 25.7 Å². The molecule has 7 heteroatoms. The molecule has 2 rings (SSSR count). The van der Waals surface area contributed by atoms with Crippen molar-refractivity contribution in [2.45, 2.75) is 31.7 Å². The Kier molecular flexibility index (Phi) is 5.55. The molecule has 0 spiro atoms. The Balaban J connectivity index is 1.88. The zero-order valence-corrected chi connectivity index (χ0v) is 13.6. The van der Waals surface area contributed by atoms with Crippen molar-refractivity contribution in [2.75, 3.05) is 56.8 Å². The van der Waals surface area contributed by atoms with Crippen LogP contribution in [0, 0.1) is 0 Å². The van der Waals surface area contributed by atoms with Gasteiger partial charge in [-0.15, -0.1) is 0 Å². The molecule has 1 aliphatic carbocycles. The van der Waals surface area contributed by atoms with E-state index in [4.69, 9.17) is 0 Å². The SMILES string of the molecule is CNc1nc(NCCN(C)C2CCCC2)nc(N(C)C)n1. The third-order valence-electron chi connectivity index (χ3n) is 3.94. The van der Waals surface area contributed by atoms with Crippen LogP contribution in [0.25, 0.3) is 0 Å². The average Bonchev–Trinajstić information content (AvgIpc) is 3.01. The first-order chi connectivity index (χ1) is 10.1. The second-order valence-electron chi connectivity index (χ2n) is 5.77. The van der Waals surface area contributed by atoms with Crippen molar-refractivity contribution in [3.63, 3.8) is 0 Å². The quantitative estimate of drug-likeness (QED) is 0.784. The standard InChI is InChI=1S/C14H27N7/c1-15-12-17-13(19-14(18-12)20(2)3)16-9-10-21(4)11-7-5-6-8-11/h11H,5-10H2,1-4H3,(H2,15,16,17,18,19). The van der Waals surface area contributed by atoms with Gasteiger partial charge in [0.1, 0.15) is 0 Å². The highest BCUT2D eigenvalue weighted by Crippen LogP contribution is 2.22. The Morgan fingerprint density at radius 2 is 1.71 bits per heavy atom. The summed E-state index contributed by atoms with van der Waals surface area (Å²) >= 11 is 0. The van der Waals surface area contributed by atoms with Crippen LogP contribution in [0.4, 0.5) is 17.8 Å². The first kappa shape index (κ1) is 15.8. The summed E-state index contributed by atoms with van der Waals surface area (Å²) in [6.45, 7) is 1.84. The first-order valence-corrected chi connectivity index (χ1v) is 7.65. The minimum absolute atomic E-state index is 0.584. The van der Waals surface area contributed by atoms with Crippen molar-refractivity contribution in [3.8, 4) is 0 Å². The lowest BCUT2D eigenvalue weighted by atomic mass is 10.2. The number of hydrogen-bond donors (Lipinski definition) is 2. The Bertz CT molecular complexity index is 443. The summed E-state index contributed by atoms with van der Waals surface area (Å²) in [5.41, 5.74) is 0. The highest BCUT2D eigenvalue weighted by molar-refractivity contribution is 5.42. The van der Waals surface area contributed by atoms with E-state index >= 15 is 0 Å². The number of nitrogens with one attached hydrogen (secondary N) is 2. The molecule has 2 N–H and O–H groups in total. The van der Waals surface area contributed by atoms with E-state index in [1.807, 2.05) is 26.0 Å².